The summed E-state index contributed by atoms with van der Waals surface area (Å²) in [5.41, 5.74) is 0.725. The van der Waals surface area contributed by atoms with Crippen LogP contribution >= 0.6 is 0 Å². The van der Waals surface area contributed by atoms with Crippen LogP contribution in [0.1, 0.15) is 38.7 Å². The van der Waals surface area contributed by atoms with Crippen molar-refractivity contribution in [2.24, 2.45) is 0 Å². The minimum atomic E-state index is -0.886. The van der Waals surface area contributed by atoms with Crippen molar-refractivity contribution in [3.63, 3.8) is 0 Å². The zero-order chi connectivity index (χ0) is 17.5. The molecule has 0 atom stereocenters. The van der Waals surface area contributed by atoms with Crippen molar-refractivity contribution < 1.29 is 24.2 Å². The average molecular weight is 323 g/mol. The topological polar surface area (TPSA) is 84.9 Å². The standard InChI is InChI=1S/C17H25NO5/c1-17(2,11-18-15(19)6-5-7-16(20)21)12-8-9-13(22-3)14(10-12)23-4/h8-10H,5-7,11H2,1-4H3,(H,18,19)(H,20,21). The van der Waals surface area contributed by atoms with Crippen molar-refractivity contribution >= 4 is 11.9 Å². The Kier molecular flexibility index (Phi) is 6.88. The van der Waals surface area contributed by atoms with Crippen LogP contribution in [0.25, 0.3) is 0 Å². The van der Waals surface area contributed by atoms with Crippen LogP contribution in [0.15, 0.2) is 18.2 Å². The first-order valence-electron chi connectivity index (χ1n) is 7.51. The summed E-state index contributed by atoms with van der Waals surface area (Å²) >= 11 is 0. The summed E-state index contributed by atoms with van der Waals surface area (Å²) in [7, 11) is 3.17. The Balaban J connectivity index is 2.64. The van der Waals surface area contributed by atoms with Crippen molar-refractivity contribution in [3.8, 4) is 11.5 Å². The second-order valence-corrected chi connectivity index (χ2v) is 5.98. The summed E-state index contributed by atoms with van der Waals surface area (Å²) in [5.74, 6) is 0.277. The number of aliphatic carboxylic acids is 1. The van der Waals surface area contributed by atoms with E-state index < -0.39 is 5.97 Å². The minimum Gasteiger partial charge on any atom is -0.493 e. The largest absolute Gasteiger partial charge is 0.493 e. The average Bonchev–Trinajstić information content (AvgIpc) is 2.52. The van der Waals surface area contributed by atoms with Gasteiger partial charge in [0.2, 0.25) is 5.91 Å². The zero-order valence-electron chi connectivity index (χ0n) is 14.1. The lowest BCUT2D eigenvalue weighted by Crippen LogP contribution is -2.36. The smallest absolute Gasteiger partial charge is 0.303 e. The number of hydrogen-bond donors (Lipinski definition) is 2. The molecular formula is C17H25NO5. The van der Waals surface area contributed by atoms with Gasteiger partial charge in [-0.25, -0.2) is 0 Å². The predicted molar refractivity (Wildman–Crippen MR) is 87.1 cm³/mol. The van der Waals surface area contributed by atoms with Gasteiger partial charge in [0.1, 0.15) is 0 Å². The van der Waals surface area contributed by atoms with E-state index in [1.165, 1.54) is 0 Å². The number of nitrogens with one attached hydrogen (secondary N) is 1. The molecule has 0 unspecified atom stereocenters. The summed E-state index contributed by atoms with van der Waals surface area (Å²) in [6, 6.07) is 5.68. The fourth-order valence-corrected chi connectivity index (χ4v) is 2.17. The second-order valence-electron chi connectivity index (χ2n) is 5.98. The molecule has 1 aromatic rings. The van der Waals surface area contributed by atoms with E-state index in [1.807, 2.05) is 32.0 Å². The van der Waals surface area contributed by atoms with E-state index in [0.29, 0.717) is 24.5 Å². The van der Waals surface area contributed by atoms with Gasteiger partial charge in [-0.2, -0.15) is 0 Å². The Morgan fingerprint density at radius 1 is 1.13 bits per heavy atom. The normalized spacial score (nSPS) is 11.0. The van der Waals surface area contributed by atoms with Gasteiger partial charge in [0.15, 0.2) is 11.5 Å². The quantitative estimate of drug-likeness (QED) is 0.729. The number of ether oxygens (including phenoxy) is 2. The third-order valence-electron chi connectivity index (χ3n) is 3.69. The number of benzene rings is 1. The van der Waals surface area contributed by atoms with E-state index in [2.05, 4.69) is 5.32 Å². The number of rotatable bonds is 9. The molecule has 128 valence electrons. The second kappa shape index (κ2) is 8.41. The Morgan fingerprint density at radius 2 is 1.78 bits per heavy atom. The van der Waals surface area contributed by atoms with Gasteiger partial charge in [-0.1, -0.05) is 19.9 Å². The van der Waals surface area contributed by atoms with E-state index in [1.54, 1.807) is 14.2 Å². The fourth-order valence-electron chi connectivity index (χ4n) is 2.17. The van der Waals surface area contributed by atoms with Crippen molar-refractivity contribution in [3.05, 3.63) is 23.8 Å². The van der Waals surface area contributed by atoms with Crippen LogP contribution in [-0.2, 0) is 15.0 Å². The molecule has 6 nitrogen and oxygen atoms in total. The van der Waals surface area contributed by atoms with E-state index in [-0.39, 0.29) is 24.2 Å². The van der Waals surface area contributed by atoms with Crippen LogP contribution in [0.2, 0.25) is 0 Å². The highest BCUT2D eigenvalue weighted by atomic mass is 16.5. The molecule has 0 heterocycles. The molecule has 6 heteroatoms. The predicted octanol–water partition coefficient (Wildman–Crippen LogP) is 2.35. The van der Waals surface area contributed by atoms with E-state index >= 15 is 0 Å². The monoisotopic (exact) mass is 323 g/mol. The summed E-state index contributed by atoms with van der Waals surface area (Å²) in [4.78, 5) is 22.2. The maximum absolute atomic E-state index is 11.8. The molecule has 23 heavy (non-hydrogen) atoms. The Morgan fingerprint density at radius 3 is 2.35 bits per heavy atom. The highest BCUT2D eigenvalue weighted by Gasteiger charge is 2.23. The number of amides is 1. The molecule has 0 radical (unpaired) electrons. The van der Waals surface area contributed by atoms with Crippen LogP contribution in [-0.4, -0.2) is 37.7 Å². The summed E-state index contributed by atoms with van der Waals surface area (Å²) in [5, 5.41) is 11.4. The zero-order valence-corrected chi connectivity index (χ0v) is 14.1. The first-order chi connectivity index (χ1) is 10.8. The van der Waals surface area contributed by atoms with Crippen LogP contribution in [0, 0.1) is 0 Å². The number of carboxylic acids is 1. The molecular weight excluding hydrogens is 298 g/mol. The molecule has 0 fully saturated rings. The third kappa shape index (κ3) is 5.81. The minimum absolute atomic E-state index is 0.00644. The number of carbonyl (C=O) groups excluding carboxylic acids is 1. The summed E-state index contributed by atoms with van der Waals surface area (Å²) < 4.78 is 10.5. The number of carbonyl (C=O) groups is 2. The van der Waals surface area contributed by atoms with Gasteiger partial charge in [0, 0.05) is 24.8 Å². The van der Waals surface area contributed by atoms with Gasteiger partial charge in [-0.15, -0.1) is 0 Å². The van der Waals surface area contributed by atoms with Gasteiger partial charge in [0.05, 0.1) is 14.2 Å². The third-order valence-corrected chi connectivity index (χ3v) is 3.69. The first kappa shape index (κ1) is 18.8. The van der Waals surface area contributed by atoms with Crippen molar-refractivity contribution in [2.75, 3.05) is 20.8 Å². The molecule has 1 rings (SSSR count). The molecule has 0 bridgehead atoms. The molecule has 2 N–H and O–H groups in total. The molecule has 0 saturated heterocycles. The summed E-state index contributed by atoms with van der Waals surface area (Å²) in [6.45, 7) is 4.49. The Labute approximate surface area is 136 Å². The van der Waals surface area contributed by atoms with Crippen LogP contribution in [0.3, 0.4) is 0 Å². The maximum Gasteiger partial charge on any atom is 0.303 e. The molecule has 0 aliphatic rings. The van der Waals surface area contributed by atoms with Crippen molar-refractivity contribution in [1.29, 1.82) is 0 Å². The molecule has 0 aliphatic heterocycles. The molecule has 1 aromatic carbocycles. The highest BCUT2D eigenvalue weighted by Crippen LogP contribution is 2.32. The molecule has 0 aliphatic carbocycles. The Hall–Kier alpha value is -2.24. The van der Waals surface area contributed by atoms with Gasteiger partial charge in [-0.05, 0) is 24.1 Å². The van der Waals surface area contributed by atoms with Crippen molar-refractivity contribution in [1.82, 2.24) is 5.32 Å². The lowest BCUT2D eigenvalue weighted by atomic mass is 9.84. The van der Waals surface area contributed by atoms with Crippen LogP contribution in [0.4, 0.5) is 0 Å². The lowest BCUT2D eigenvalue weighted by molar-refractivity contribution is -0.137. The SMILES string of the molecule is COc1ccc(C(C)(C)CNC(=O)CCCC(=O)O)cc1OC. The number of carboxylic acid groups (broad SMARTS) is 1. The van der Waals surface area contributed by atoms with Gasteiger partial charge >= 0.3 is 5.97 Å². The van der Waals surface area contributed by atoms with Gasteiger partial charge < -0.3 is 19.9 Å². The Bertz CT molecular complexity index is 554. The van der Waals surface area contributed by atoms with Crippen molar-refractivity contribution in [2.45, 2.75) is 38.5 Å². The molecule has 0 spiro atoms. The van der Waals surface area contributed by atoms with E-state index in [9.17, 15) is 9.59 Å². The molecule has 0 saturated carbocycles. The molecule has 0 aromatic heterocycles. The summed E-state index contributed by atoms with van der Waals surface area (Å²) in [6.07, 6.45) is 0.568. The van der Waals surface area contributed by atoms with E-state index in [0.717, 1.165) is 5.56 Å². The van der Waals surface area contributed by atoms with Crippen LogP contribution in [0.5, 0.6) is 11.5 Å². The first-order valence-corrected chi connectivity index (χ1v) is 7.51. The number of hydrogen-bond acceptors (Lipinski definition) is 4. The van der Waals surface area contributed by atoms with Crippen LogP contribution < -0.4 is 14.8 Å². The highest BCUT2D eigenvalue weighted by molar-refractivity contribution is 5.76. The van der Waals surface area contributed by atoms with Gasteiger partial charge in [-0.3, -0.25) is 9.59 Å². The lowest BCUT2D eigenvalue weighted by Gasteiger charge is -2.26. The number of methoxy groups -OCH3 is 2. The fraction of sp³-hybridized carbons (Fsp3) is 0.529. The maximum atomic E-state index is 11.8. The molecule has 1 amide bonds. The van der Waals surface area contributed by atoms with Gasteiger partial charge in [0.25, 0.3) is 0 Å². The van der Waals surface area contributed by atoms with E-state index in [4.69, 9.17) is 14.6 Å².